The molecule has 1 aliphatic heterocycles. The summed E-state index contributed by atoms with van der Waals surface area (Å²) in [4.78, 5) is 25.9. The van der Waals surface area contributed by atoms with Crippen LogP contribution in [0.4, 0.5) is 11.4 Å². The van der Waals surface area contributed by atoms with Crippen molar-refractivity contribution in [1.29, 1.82) is 0 Å². The number of fused-ring (bicyclic) bond motifs is 1. The zero-order valence-electron chi connectivity index (χ0n) is 13.3. The first-order valence-electron chi connectivity index (χ1n) is 7.63. The van der Waals surface area contributed by atoms with Crippen LogP contribution in [0.2, 0.25) is 0 Å². The quantitative estimate of drug-likeness (QED) is 0.937. The van der Waals surface area contributed by atoms with Gasteiger partial charge in [-0.15, -0.1) is 0 Å². The minimum Gasteiger partial charge on any atom is -0.497 e. The number of carbonyl (C=O) groups is 2. The van der Waals surface area contributed by atoms with Gasteiger partial charge < -0.3 is 19.7 Å². The van der Waals surface area contributed by atoms with Gasteiger partial charge in [-0.25, -0.2) is 0 Å². The molecule has 3 rings (SSSR count). The summed E-state index contributed by atoms with van der Waals surface area (Å²) in [5.74, 6) is 1.00. The van der Waals surface area contributed by atoms with Crippen LogP contribution in [-0.2, 0) is 9.59 Å². The molecule has 24 heavy (non-hydrogen) atoms. The first-order chi connectivity index (χ1) is 11.7. The Labute approximate surface area is 140 Å². The van der Waals surface area contributed by atoms with Gasteiger partial charge in [0.2, 0.25) is 5.91 Å². The first-order valence-corrected chi connectivity index (χ1v) is 7.63. The molecule has 0 aliphatic carbocycles. The van der Waals surface area contributed by atoms with Gasteiger partial charge in [0.1, 0.15) is 11.5 Å². The second-order valence-corrected chi connectivity index (χ2v) is 5.32. The molecule has 124 valence electrons. The lowest BCUT2D eigenvalue weighted by Gasteiger charge is -2.22. The second kappa shape index (κ2) is 7.04. The molecule has 0 radical (unpaired) electrons. The lowest BCUT2D eigenvalue weighted by atomic mass is 10.2. The maximum atomic E-state index is 12.6. The number of ether oxygens (including phenoxy) is 2. The summed E-state index contributed by atoms with van der Waals surface area (Å²) in [6.07, 6.45) is 0.253. The number of nitrogens with zero attached hydrogens (tertiary/aromatic N) is 1. The minimum absolute atomic E-state index is 0.102. The molecule has 0 bridgehead atoms. The van der Waals surface area contributed by atoms with E-state index in [1.54, 1.807) is 42.3 Å². The second-order valence-electron chi connectivity index (χ2n) is 5.32. The molecule has 6 heteroatoms. The Morgan fingerprint density at radius 2 is 1.83 bits per heavy atom. The van der Waals surface area contributed by atoms with Crippen LogP contribution in [0.15, 0.2) is 48.5 Å². The Balaban J connectivity index is 1.71. The van der Waals surface area contributed by atoms with Crippen LogP contribution >= 0.6 is 0 Å². The van der Waals surface area contributed by atoms with Gasteiger partial charge in [0.25, 0.3) is 5.91 Å². The monoisotopic (exact) mass is 326 g/mol. The van der Waals surface area contributed by atoms with E-state index in [4.69, 9.17) is 9.47 Å². The molecule has 1 aliphatic rings. The maximum absolute atomic E-state index is 12.6. The summed E-state index contributed by atoms with van der Waals surface area (Å²) >= 11 is 0. The highest BCUT2D eigenvalue weighted by atomic mass is 16.5. The molecule has 2 aromatic rings. The third-order valence-corrected chi connectivity index (χ3v) is 3.75. The average Bonchev–Trinajstić information content (AvgIpc) is 2.78. The Morgan fingerprint density at radius 1 is 1.12 bits per heavy atom. The van der Waals surface area contributed by atoms with Crippen LogP contribution in [0.3, 0.4) is 0 Å². The van der Waals surface area contributed by atoms with Crippen LogP contribution in [0.5, 0.6) is 11.5 Å². The molecule has 0 saturated carbocycles. The average molecular weight is 326 g/mol. The summed E-state index contributed by atoms with van der Waals surface area (Å²) in [7, 11) is 1.59. The van der Waals surface area contributed by atoms with Crippen LogP contribution in [0.25, 0.3) is 0 Å². The van der Waals surface area contributed by atoms with Gasteiger partial charge in [-0.2, -0.15) is 0 Å². The van der Waals surface area contributed by atoms with Crippen molar-refractivity contribution in [2.45, 2.75) is 6.42 Å². The van der Waals surface area contributed by atoms with Crippen molar-refractivity contribution in [3.05, 3.63) is 48.5 Å². The molecule has 6 nitrogen and oxygen atoms in total. The molecule has 0 aromatic heterocycles. The molecular weight excluding hydrogens is 308 g/mol. The van der Waals surface area contributed by atoms with Crippen LogP contribution < -0.4 is 19.7 Å². The third-order valence-electron chi connectivity index (χ3n) is 3.75. The number of para-hydroxylation sites is 2. The van der Waals surface area contributed by atoms with E-state index >= 15 is 0 Å². The number of methoxy groups -OCH3 is 1. The molecule has 0 unspecified atom stereocenters. The molecule has 2 amide bonds. The normalized spacial score (nSPS) is 13.5. The fourth-order valence-electron chi connectivity index (χ4n) is 2.52. The zero-order valence-corrected chi connectivity index (χ0v) is 13.3. The molecule has 2 aromatic carbocycles. The fraction of sp³-hybridized carbons (Fsp3) is 0.222. The SMILES string of the molecule is COc1ccc(OCC(=O)N2CCC(=O)Nc3ccccc32)cc1. The molecule has 0 fully saturated rings. The van der Waals surface area contributed by atoms with Gasteiger partial charge in [-0.3, -0.25) is 9.59 Å². The van der Waals surface area contributed by atoms with E-state index < -0.39 is 0 Å². The van der Waals surface area contributed by atoms with Gasteiger partial charge in [-0.05, 0) is 36.4 Å². The lowest BCUT2D eigenvalue weighted by Crippen LogP contribution is -2.35. The van der Waals surface area contributed by atoms with E-state index in [0.717, 1.165) is 5.75 Å². The lowest BCUT2D eigenvalue weighted by molar-refractivity contribution is -0.120. The van der Waals surface area contributed by atoms with E-state index in [2.05, 4.69) is 5.32 Å². The standard InChI is InChI=1S/C18H18N2O4/c1-23-13-6-8-14(9-7-13)24-12-18(22)20-11-10-17(21)19-15-4-2-3-5-16(15)20/h2-9H,10-12H2,1H3,(H,19,21). The number of carbonyl (C=O) groups excluding carboxylic acids is 2. The van der Waals surface area contributed by atoms with Crippen molar-refractivity contribution in [3.63, 3.8) is 0 Å². The maximum Gasteiger partial charge on any atom is 0.264 e. The summed E-state index contributed by atoms with van der Waals surface area (Å²) < 4.78 is 10.6. The van der Waals surface area contributed by atoms with E-state index in [-0.39, 0.29) is 24.8 Å². The highest BCUT2D eigenvalue weighted by molar-refractivity contribution is 6.04. The van der Waals surface area contributed by atoms with Crippen LogP contribution in [0.1, 0.15) is 6.42 Å². The number of benzene rings is 2. The summed E-state index contributed by atoms with van der Waals surface area (Å²) in [5, 5.41) is 2.81. The number of hydrogen-bond donors (Lipinski definition) is 1. The fourth-order valence-corrected chi connectivity index (χ4v) is 2.52. The van der Waals surface area contributed by atoms with Gasteiger partial charge in [-0.1, -0.05) is 12.1 Å². The Kier molecular flexibility index (Phi) is 4.65. The van der Waals surface area contributed by atoms with Crippen LogP contribution in [0, 0.1) is 0 Å². The predicted octanol–water partition coefficient (Wildman–Crippen LogP) is 2.45. The Bertz CT molecular complexity index is 743. The van der Waals surface area contributed by atoms with Crippen molar-refractivity contribution < 1.29 is 19.1 Å². The number of rotatable bonds is 4. The molecule has 0 atom stereocenters. The van der Waals surface area contributed by atoms with E-state index in [1.165, 1.54) is 0 Å². The largest absolute Gasteiger partial charge is 0.497 e. The van der Waals surface area contributed by atoms with Crippen molar-refractivity contribution in [1.82, 2.24) is 0 Å². The van der Waals surface area contributed by atoms with Crippen molar-refractivity contribution >= 4 is 23.2 Å². The molecular formula is C18H18N2O4. The van der Waals surface area contributed by atoms with Gasteiger partial charge in [0.05, 0.1) is 18.5 Å². The minimum atomic E-state index is -0.199. The van der Waals surface area contributed by atoms with Crippen molar-refractivity contribution in [2.24, 2.45) is 0 Å². The van der Waals surface area contributed by atoms with Gasteiger partial charge in [0.15, 0.2) is 6.61 Å². The number of nitrogens with one attached hydrogen (secondary N) is 1. The Morgan fingerprint density at radius 3 is 2.58 bits per heavy atom. The van der Waals surface area contributed by atoms with Gasteiger partial charge in [0, 0.05) is 13.0 Å². The molecule has 1 heterocycles. The number of amides is 2. The number of hydrogen-bond acceptors (Lipinski definition) is 4. The van der Waals surface area contributed by atoms with E-state index in [0.29, 0.717) is 23.7 Å². The van der Waals surface area contributed by atoms with Gasteiger partial charge >= 0.3 is 0 Å². The van der Waals surface area contributed by atoms with Crippen LogP contribution in [-0.4, -0.2) is 32.1 Å². The topological polar surface area (TPSA) is 67.9 Å². The summed E-state index contributed by atoms with van der Waals surface area (Å²) in [6.45, 7) is 0.225. The van der Waals surface area contributed by atoms with E-state index in [9.17, 15) is 9.59 Å². The summed E-state index contributed by atoms with van der Waals surface area (Å²) in [6, 6.07) is 14.3. The van der Waals surface area contributed by atoms with Crippen molar-refractivity contribution in [2.75, 3.05) is 30.5 Å². The highest BCUT2D eigenvalue weighted by Gasteiger charge is 2.23. The smallest absolute Gasteiger partial charge is 0.264 e. The van der Waals surface area contributed by atoms with Crippen molar-refractivity contribution in [3.8, 4) is 11.5 Å². The molecule has 0 spiro atoms. The zero-order chi connectivity index (χ0) is 16.9. The highest BCUT2D eigenvalue weighted by Crippen LogP contribution is 2.28. The third kappa shape index (κ3) is 3.48. The number of anilines is 2. The first kappa shape index (κ1) is 15.9. The van der Waals surface area contributed by atoms with E-state index in [1.807, 2.05) is 18.2 Å². The molecule has 0 saturated heterocycles. The predicted molar refractivity (Wildman–Crippen MR) is 90.5 cm³/mol. The summed E-state index contributed by atoms with van der Waals surface area (Å²) in [5.41, 5.74) is 1.32. The Hall–Kier alpha value is -3.02. The molecule has 1 N–H and O–H groups in total.